The van der Waals surface area contributed by atoms with Gasteiger partial charge in [-0.15, -0.1) is 0 Å². The van der Waals surface area contributed by atoms with Crippen LogP contribution in [0.4, 0.5) is 0 Å². The number of piperazine rings is 1. The molecule has 1 aromatic carbocycles. The molecule has 0 spiro atoms. The molecule has 3 heterocycles. The van der Waals surface area contributed by atoms with E-state index in [0.717, 1.165) is 54.9 Å². The number of aromatic nitrogens is 1. The molecule has 2 aromatic rings. The second-order valence-corrected chi connectivity index (χ2v) is 9.33. The van der Waals surface area contributed by atoms with Crippen LogP contribution >= 0.6 is 0 Å². The van der Waals surface area contributed by atoms with Gasteiger partial charge in [0, 0.05) is 56.3 Å². The van der Waals surface area contributed by atoms with Crippen LogP contribution in [0.15, 0.2) is 30.3 Å². The molecule has 0 amide bonds. The number of nitrogens with zero attached hydrogens (tertiary/aromatic N) is 4. The van der Waals surface area contributed by atoms with E-state index in [1.807, 2.05) is 12.1 Å². The number of aliphatic hydroxyl groups excluding tert-OH is 1. The molecule has 1 unspecified atom stereocenters. The van der Waals surface area contributed by atoms with E-state index in [9.17, 15) is 5.11 Å². The van der Waals surface area contributed by atoms with Crippen LogP contribution in [0.5, 0.6) is 5.75 Å². The highest BCUT2D eigenvalue weighted by molar-refractivity contribution is 5.84. The summed E-state index contributed by atoms with van der Waals surface area (Å²) in [6.45, 7) is 11.2. The number of ether oxygens (including phenoxy) is 1. The summed E-state index contributed by atoms with van der Waals surface area (Å²) in [7, 11) is 1.70. The SMILES string of the molecule is COc1cccc2ccc(CN3CCN(C4CCN(C(C)C)CC4)C(CCO)C3)nc12. The van der Waals surface area contributed by atoms with Gasteiger partial charge >= 0.3 is 0 Å². The molecule has 6 heteroatoms. The first-order valence-electron chi connectivity index (χ1n) is 11.8. The Kier molecular flexibility index (Phi) is 7.43. The molecule has 170 valence electrons. The van der Waals surface area contributed by atoms with Crippen molar-refractivity contribution in [3.63, 3.8) is 0 Å². The van der Waals surface area contributed by atoms with Crippen LogP contribution in [-0.4, -0.2) is 89.4 Å². The third kappa shape index (κ3) is 5.20. The molecule has 0 radical (unpaired) electrons. The van der Waals surface area contributed by atoms with Gasteiger partial charge < -0.3 is 14.7 Å². The van der Waals surface area contributed by atoms with Crippen molar-refractivity contribution >= 4 is 10.9 Å². The Hall–Kier alpha value is -1.73. The monoisotopic (exact) mass is 426 g/mol. The Morgan fingerprint density at radius 2 is 1.90 bits per heavy atom. The van der Waals surface area contributed by atoms with Gasteiger partial charge in [-0.05, 0) is 58.3 Å². The number of para-hydroxylation sites is 1. The lowest BCUT2D eigenvalue weighted by Gasteiger charge is -2.48. The Balaban J connectivity index is 1.41. The van der Waals surface area contributed by atoms with Crippen LogP contribution in [0, 0.1) is 0 Å². The van der Waals surface area contributed by atoms with Crippen LogP contribution < -0.4 is 4.74 Å². The fourth-order valence-corrected chi connectivity index (χ4v) is 5.34. The highest BCUT2D eigenvalue weighted by atomic mass is 16.5. The highest BCUT2D eigenvalue weighted by Crippen LogP contribution is 2.26. The van der Waals surface area contributed by atoms with E-state index in [-0.39, 0.29) is 6.61 Å². The second-order valence-electron chi connectivity index (χ2n) is 9.33. The summed E-state index contributed by atoms with van der Waals surface area (Å²) in [5.74, 6) is 0.829. The molecule has 4 rings (SSSR count). The van der Waals surface area contributed by atoms with E-state index < -0.39 is 0 Å². The van der Waals surface area contributed by atoms with Crippen molar-refractivity contribution in [2.24, 2.45) is 0 Å². The first-order chi connectivity index (χ1) is 15.1. The molecule has 6 nitrogen and oxygen atoms in total. The predicted molar refractivity (Wildman–Crippen MR) is 125 cm³/mol. The maximum atomic E-state index is 9.72. The molecule has 2 aliphatic heterocycles. The van der Waals surface area contributed by atoms with Crippen LogP contribution in [0.3, 0.4) is 0 Å². The van der Waals surface area contributed by atoms with Gasteiger partial charge in [0.25, 0.3) is 0 Å². The van der Waals surface area contributed by atoms with E-state index in [2.05, 4.69) is 46.7 Å². The van der Waals surface area contributed by atoms with E-state index in [4.69, 9.17) is 9.72 Å². The number of rotatable bonds is 7. The fourth-order valence-electron chi connectivity index (χ4n) is 5.34. The maximum absolute atomic E-state index is 9.72. The summed E-state index contributed by atoms with van der Waals surface area (Å²) in [5, 5.41) is 10.8. The molecule has 1 aromatic heterocycles. The molecule has 0 saturated carbocycles. The largest absolute Gasteiger partial charge is 0.494 e. The summed E-state index contributed by atoms with van der Waals surface area (Å²) < 4.78 is 5.51. The van der Waals surface area contributed by atoms with Gasteiger partial charge in [-0.25, -0.2) is 4.98 Å². The molecule has 2 aliphatic rings. The smallest absolute Gasteiger partial charge is 0.145 e. The summed E-state index contributed by atoms with van der Waals surface area (Å²) in [6, 6.07) is 12.0. The second kappa shape index (κ2) is 10.3. The number of aliphatic hydroxyl groups is 1. The topological polar surface area (TPSA) is 52.1 Å². The van der Waals surface area contributed by atoms with Gasteiger partial charge in [0.2, 0.25) is 0 Å². The number of hydrogen-bond acceptors (Lipinski definition) is 6. The van der Waals surface area contributed by atoms with Gasteiger partial charge in [-0.1, -0.05) is 18.2 Å². The van der Waals surface area contributed by atoms with Crippen molar-refractivity contribution in [3.05, 3.63) is 36.0 Å². The van der Waals surface area contributed by atoms with E-state index >= 15 is 0 Å². The number of methoxy groups -OCH3 is 1. The van der Waals surface area contributed by atoms with Gasteiger partial charge in [0.15, 0.2) is 0 Å². The first-order valence-corrected chi connectivity index (χ1v) is 11.8. The van der Waals surface area contributed by atoms with Crippen molar-refractivity contribution in [2.45, 2.75) is 57.8 Å². The van der Waals surface area contributed by atoms with Gasteiger partial charge in [-0.3, -0.25) is 9.80 Å². The zero-order chi connectivity index (χ0) is 21.8. The molecular formula is C25H38N4O2. The molecule has 0 bridgehead atoms. The minimum Gasteiger partial charge on any atom is -0.494 e. The summed E-state index contributed by atoms with van der Waals surface area (Å²) >= 11 is 0. The highest BCUT2D eigenvalue weighted by Gasteiger charge is 2.34. The quantitative estimate of drug-likeness (QED) is 0.735. The van der Waals surface area contributed by atoms with E-state index in [1.54, 1.807) is 7.11 Å². The van der Waals surface area contributed by atoms with Crippen LogP contribution in [-0.2, 0) is 6.54 Å². The van der Waals surface area contributed by atoms with Crippen molar-refractivity contribution in [2.75, 3.05) is 46.4 Å². The standard InChI is InChI=1S/C25H38N4O2/c1-19(2)28-12-9-22(10-13-28)29-15-14-27(18-23(29)11-16-30)17-21-8-7-20-5-4-6-24(31-3)25(20)26-21/h4-8,19,22-23,30H,9-18H2,1-3H3. The van der Waals surface area contributed by atoms with E-state index in [1.165, 1.54) is 25.9 Å². The normalized spacial score (nSPS) is 22.4. The Labute approximate surface area is 186 Å². The van der Waals surface area contributed by atoms with Gasteiger partial charge in [-0.2, -0.15) is 0 Å². The van der Waals surface area contributed by atoms with Crippen LogP contribution in [0.25, 0.3) is 10.9 Å². The lowest BCUT2D eigenvalue weighted by Crippen LogP contribution is -2.58. The Morgan fingerprint density at radius 1 is 1.10 bits per heavy atom. The molecule has 2 fully saturated rings. The summed E-state index contributed by atoms with van der Waals surface area (Å²) in [5.41, 5.74) is 2.02. The minimum absolute atomic E-state index is 0.255. The third-order valence-electron chi connectivity index (χ3n) is 7.12. The van der Waals surface area contributed by atoms with Gasteiger partial charge in [0.05, 0.1) is 12.8 Å². The molecular weight excluding hydrogens is 388 g/mol. The lowest BCUT2D eigenvalue weighted by atomic mass is 9.97. The molecule has 2 saturated heterocycles. The summed E-state index contributed by atoms with van der Waals surface area (Å²) in [6.07, 6.45) is 3.33. The van der Waals surface area contributed by atoms with Crippen LogP contribution in [0.2, 0.25) is 0 Å². The average Bonchev–Trinajstić information content (AvgIpc) is 2.79. The number of piperidine rings is 1. The predicted octanol–water partition coefficient (Wildman–Crippen LogP) is 2.98. The zero-order valence-corrected chi connectivity index (χ0v) is 19.3. The van der Waals surface area contributed by atoms with Crippen molar-refractivity contribution in [1.82, 2.24) is 19.7 Å². The van der Waals surface area contributed by atoms with Gasteiger partial charge in [0.1, 0.15) is 11.3 Å². The molecule has 31 heavy (non-hydrogen) atoms. The number of benzene rings is 1. The Bertz CT molecular complexity index is 851. The number of fused-ring (bicyclic) bond motifs is 1. The lowest BCUT2D eigenvalue weighted by molar-refractivity contribution is -0.000316. The number of hydrogen-bond donors (Lipinski definition) is 1. The number of pyridine rings is 1. The molecule has 1 N–H and O–H groups in total. The average molecular weight is 427 g/mol. The minimum atomic E-state index is 0.255. The van der Waals surface area contributed by atoms with Crippen LogP contribution in [0.1, 0.15) is 38.8 Å². The van der Waals surface area contributed by atoms with Crippen molar-refractivity contribution in [1.29, 1.82) is 0 Å². The molecule has 1 atom stereocenters. The fraction of sp³-hybridized carbons (Fsp3) is 0.640. The molecule has 0 aliphatic carbocycles. The number of likely N-dealkylation sites (tertiary alicyclic amines) is 1. The maximum Gasteiger partial charge on any atom is 0.145 e. The summed E-state index contributed by atoms with van der Waals surface area (Å²) in [4.78, 5) is 12.7. The van der Waals surface area contributed by atoms with Crippen molar-refractivity contribution < 1.29 is 9.84 Å². The first kappa shape index (κ1) is 22.5. The third-order valence-corrected chi connectivity index (χ3v) is 7.12. The Morgan fingerprint density at radius 3 is 2.61 bits per heavy atom. The zero-order valence-electron chi connectivity index (χ0n) is 19.3. The van der Waals surface area contributed by atoms with Crippen molar-refractivity contribution in [3.8, 4) is 5.75 Å². The van der Waals surface area contributed by atoms with E-state index in [0.29, 0.717) is 18.1 Å².